The van der Waals surface area contributed by atoms with Crippen LogP contribution in [0.2, 0.25) is 0 Å². The standard InChI is InChI=1S/C8H14N2O/c9-7-5-2-1-4(3-5)6(7)8(10)11/h4-7H,1-3,9H2,(H2,10,11)/t4-,5+,6?,7?/m1/s1. The Hall–Kier alpha value is -0.570. The summed E-state index contributed by atoms with van der Waals surface area (Å²) in [7, 11) is 0. The van der Waals surface area contributed by atoms with Gasteiger partial charge in [-0.25, -0.2) is 0 Å². The molecule has 0 aromatic carbocycles. The molecule has 62 valence electrons. The monoisotopic (exact) mass is 154 g/mol. The zero-order valence-electron chi connectivity index (χ0n) is 6.49. The maximum absolute atomic E-state index is 10.9. The van der Waals surface area contributed by atoms with Gasteiger partial charge in [-0.15, -0.1) is 0 Å². The molecule has 0 radical (unpaired) electrons. The molecule has 2 rings (SSSR count). The molecule has 0 saturated heterocycles. The topological polar surface area (TPSA) is 69.1 Å². The zero-order valence-corrected chi connectivity index (χ0v) is 6.49. The van der Waals surface area contributed by atoms with Crippen molar-refractivity contribution >= 4 is 5.91 Å². The van der Waals surface area contributed by atoms with Crippen molar-refractivity contribution in [1.29, 1.82) is 0 Å². The van der Waals surface area contributed by atoms with E-state index >= 15 is 0 Å². The van der Waals surface area contributed by atoms with E-state index in [0.717, 1.165) is 12.8 Å². The van der Waals surface area contributed by atoms with Crippen molar-refractivity contribution in [1.82, 2.24) is 0 Å². The molecule has 2 fully saturated rings. The van der Waals surface area contributed by atoms with Crippen LogP contribution in [-0.2, 0) is 4.79 Å². The van der Waals surface area contributed by atoms with Crippen LogP contribution in [0.25, 0.3) is 0 Å². The zero-order chi connectivity index (χ0) is 8.01. The fourth-order valence-corrected chi connectivity index (χ4v) is 2.76. The van der Waals surface area contributed by atoms with Crippen LogP contribution in [0.4, 0.5) is 0 Å². The van der Waals surface area contributed by atoms with Crippen LogP contribution < -0.4 is 11.5 Å². The maximum Gasteiger partial charge on any atom is 0.222 e. The molecule has 0 aromatic heterocycles. The number of primary amides is 1. The van der Waals surface area contributed by atoms with E-state index in [1.807, 2.05) is 0 Å². The van der Waals surface area contributed by atoms with Crippen molar-refractivity contribution in [3.8, 4) is 0 Å². The van der Waals surface area contributed by atoms with E-state index in [-0.39, 0.29) is 17.9 Å². The SMILES string of the molecule is NC(=O)C1C(N)[C@H]2CC[C@@H]1C2. The molecule has 2 aliphatic carbocycles. The third kappa shape index (κ3) is 0.872. The molecule has 0 heterocycles. The second-order valence-electron chi connectivity index (χ2n) is 3.84. The van der Waals surface area contributed by atoms with Gasteiger partial charge in [0, 0.05) is 6.04 Å². The Labute approximate surface area is 66.1 Å². The second kappa shape index (κ2) is 2.21. The lowest BCUT2D eigenvalue weighted by molar-refractivity contribution is -0.123. The Balaban J connectivity index is 2.17. The van der Waals surface area contributed by atoms with E-state index in [0.29, 0.717) is 11.8 Å². The van der Waals surface area contributed by atoms with Crippen LogP contribution >= 0.6 is 0 Å². The minimum Gasteiger partial charge on any atom is -0.369 e. The summed E-state index contributed by atoms with van der Waals surface area (Å²) < 4.78 is 0. The number of hydrogen-bond donors (Lipinski definition) is 2. The molecular formula is C8H14N2O. The van der Waals surface area contributed by atoms with E-state index < -0.39 is 0 Å². The first-order chi connectivity index (χ1) is 5.20. The second-order valence-corrected chi connectivity index (χ2v) is 3.84. The maximum atomic E-state index is 10.9. The highest BCUT2D eigenvalue weighted by atomic mass is 16.1. The predicted octanol–water partition coefficient (Wildman–Crippen LogP) is -0.155. The number of carbonyl (C=O) groups is 1. The lowest BCUT2D eigenvalue weighted by Gasteiger charge is -2.24. The van der Waals surface area contributed by atoms with E-state index in [9.17, 15) is 4.79 Å². The molecule has 3 heteroatoms. The third-order valence-corrected chi connectivity index (χ3v) is 3.31. The van der Waals surface area contributed by atoms with Crippen molar-refractivity contribution in [3.05, 3.63) is 0 Å². The van der Waals surface area contributed by atoms with Gasteiger partial charge in [-0.05, 0) is 31.1 Å². The van der Waals surface area contributed by atoms with Crippen molar-refractivity contribution < 1.29 is 4.79 Å². The molecule has 0 spiro atoms. The van der Waals surface area contributed by atoms with Gasteiger partial charge in [0.15, 0.2) is 0 Å². The van der Waals surface area contributed by atoms with Gasteiger partial charge in [-0.2, -0.15) is 0 Å². The van der Waals surface area contributed by atoms with Crippen molar-refractivity contribution in [2.75, 3.05) is 0 Å². The van der Waals surface area contributed by atoms with E-state index in [1.165, 1.54) is 6.42 Å². The first-order valence-corrected chi connectivity index (χ1v) is 4.25. The van der Waals surface area contributed by atoms with E-state index in [1.54, 1.807) is 0 Å². The highest BCUT2D eigenvalue weighted by Gasteiger charge is 2.48. The molecule has 2 bridgehead atoms. The van der Waals surface area contributed by atoms with Crippen LogP contribution in [0.1, 0.15) is 19.3 Å². The Morgan fingerprint density at radius 1 is 1.27 bits per heavy atom. The first kappa shape index (κ1) is 7.10. The lowest BCUT2D eigenvalue weighted by Crippen LogP contribution is -2.43. The Bertz CT molecular complexity index is 191. The van der Waals surface area contributed by atoms with Crippen LogP contribution in [0.15, 0.2) is 0 Å². The van der Waals surface area contributed by atoms with E-state index in [4.69, 9.17) is 11.5 Å². The largest absolute Gasteiger partial charge is 0.369 e. The average Bonchev–Trinajstić information content (AvgIpc) is 2.44. The minimum atomic E-state index is -0.190. The Morgan fingerprint density at radius 2 is 1.91 bits per heavy atom. The summed E-state index contributed by atoms with van der Waals surface area (Å²) in [5.41, 5.74) is 11.1. The Kier molecular flexibility index (Phi) is 1.42. The molecule has 4 atom stereocenters. The lowest BCUT2D eigenvalue weighted by atomic mass is 9.84. The fraction of sp³-hybridized carbons (Fsp3) is 0.875. The van der Waals surface area contributed by atoms with Gasteiger partial charge in [-0.3, -0.25) is 4.79 Å². The van der Waals surface area contributed by atoms with Crippen molar-refractivity contribution in [2.45, 2.75) is 25.3 Å². The number of fused-ring (bicyclic) bond motifs is 2. The van der Waals surface area contributed by atoms with Gasteiger partial charge in [0.1, 0.15) is 0 Å². The highest BCUT2D eigenvalue weighted by molar-refractivity contribution is 5.78. The highest BCUT2D eigenvalue weighted by Crippen LogP contribution is 2.47. The number of rotatable bonds is 1. The molecule has 1 amide bonds. The Morgan fingerprint density at radius 3 is 2.27 bits per heavy atom. The van der Waals surface area contributed by atoms with Crippen LogP contribution in [0.3, 0.4) is 0 Å². The predicted molar refractivity (Wildman–Crippen MR) is 41.5 cm³/mol. The van der Waals surface area contributed by atoms with Gasteiger partial charge < -0.3 is 11.5 Å². The van der Waals surface area contributed by atoms with Gasteiger partial charge in [0.05, 0.1) is 5.92 Å². The summed E-state index contributed by atoms with van der Waals surface area (Å²) in [6, 6.07) is 0.0613. The molecule has 3 nitrogen and oxygen atoms in total. The fourth-order valence-electron chi connectivity index (χ4n) is 2.76. The summed E-state index contributed by atoms with van der Waals surface area (Å²) >= 11 is 0. The van der Waals surface area contributed by atoms with Gasteiger partial charge in [-0.1, -0.05) is 0 Å². The number of hydrogen-bond acceptors (Lipinski definition) is 2. The normalized spacial score (nSPS) is 48.1. The summed E-state index contributed by atoms with van der Waals surface area (Å²) in [5, 5.41) is 0. The molecule has 2 saturated carbocycles. The molecular weight excluding hydrogens is 140 g/mol. The van der Waals surface area contributed by atoms with Crippen LogP contribution in [0.5, 0.6) is 0 Å². The van der Waals surface area contributed by atoms with E-state index in [2.05, 4.69) is 0 Å². The quantitative estimate of drug-likeness (QED) is 0.551. The number of nitrogens with two attached hydrogens (primary N) is 2. The molecule has 2 unspecified atom stereocenters. The molecule has 0 aliphatic heterocycles. The summed E-state index contributed by atoms with van der Waals surface area (Å²) in [6.07, 6.45) is 3.50. The number of amides is 1. The summed E-state index contributed by atoms with van der Waals surface area (Å²) in [4.78, 5) is 10.9. The van der Waals surface area contributed by atoms with Crippen LogP contribution in [0, 0.1) is 17.8 Å². The smallest absolute Gasteiger partial charge is 0.222 e. The minimum absolute atomic E-state index is 0.0197. The summed E-state index contributed by atoms with van der Waals surface area (Å²) in [5.74, 6) is 0.878. The first-order valence-electron chi connectivity index (χ1n) is 4.25. The molecule has 11 heavy (non-hydrogen) atoms. The van der Waals surface area contributed by atoms with Crippen molar-refractivity contribution in [2.24, 2.45) is 29.2 Å². The van der Waals surface area contributed by atoms with Crippen LogP contribution in [-0.4, -0.2) is 11.9 Å². The van der Waals surface area contributed by atoms with Gasteiger partial charge in [0.2, 0.25) is 5.91 Å². The molecule has 0 aromatic rings. The molecule has 2 aliphatic rings. The number of carbonyl (C=O) groups excluding carboxylic acids is 1. The molecule has 4 N–H and O–H groups in total. The average molecular weight is 154 g/mol. The van der Waals surface area contributed by atoms with Crippen molar-refractivity contribution in [3.63, 3.8) is 0 Å². The third-order valence-electron chi connectivity index (χ3n) is 3.31. The van der Waals surface area contributed by atoms with Gasteiger partial charge >= 0.3 is 0 Å². The summed E-state index contributed by atoms with van der Waals surface area (Å²) in [6.45, 7) is 0. The van der Waals surface area contributed by atoms with Gasteiger partial charge in [0.25, 0.3) is 0 Å².